The number of carbonyl (C=O) groups excluding carboxylic acids is 3. The summed E-state index contributed by atoms with van der Waals surface area (Å²) in [5.41, 5.74) is -0.713. The van der Waals surface area contributed by atoms with Gasteiger partial charge in [-0.15, -0.1) is 0 Å². The third-order valence-corrected chi connectivity index (χ3v) is 4.53. The maximum atomic E-state index is 12.1. The standard InChI is InChI=1S/C19H22N4O5/c1-11(15-20-13-8-5-4-7-12(13)16(25)21-15)28-14(24)9-6-10-23-17(26)19(2,3)22-18(23)27/h4-5,7-8,11H,6,9-10H2,1-3H3,(H,22,27)(H,20,21,25)/t11-/m0/s1. The van der Waals surface area contributed by atoms with Crippen molar-refractivity contribution in [2.45, 2.75) is 45.3 Å². The highest BCUT2D eigenvalue weighted by Gasteiger charge is 2.43. The second-order valence-corrected chi connectivity index (χ2v) is 7.22. The highest BCUT2D eigenvalue weighted by atomic mass is 16.5. The number of aromatic amines is 1. The molecule has 2 aromatic rings. The van der Waals surface area contributed by atoms with Crippen LogP contribution in [0.1, 0.15) is 45.5 Å². The lowest BCUT2D eigenvalue weighted by Gasteiger charge is -2.16. The number of amides is 3. The van der Waals surface area contributed by atoms with E-state index in [-0.39, 0.29) is 36.7 Å². The van der Waals surface area contributed by atoms with E-state index >= 15 is 0 Å². The number of benzene rings is 1. The predicted molar refractivity (Wildman–Crippen MR) is 100 cm³/mol. The van der Waals surface area contributed by atoms with Gasteiger partial charge < -0.3 is 15.0 Å². The molecule has 3 amide bonds. The lowest BCUT2D eigenvalue weighted by molar-refractivity contribution is -0.149. The quantitative estimate of drug-likeness (QED) is 0.575. The van der Waals surface area contributed by atoms with Gasteiger partial charge in [-0.1, -0.05) is 12.1 Å². The van der Waals surface area contributed by atoms with Gasteiger partial charge in [0.25, 0.3) is 11.5 Å². The van der Waals surface area contributed by atoms with Crippen molar-refractivity contribution in [2.75, 3.05) is 6.54 Å². The second kappa shape index (κ2) is 7.41. The van der Waals surface area contributed by atoms with Gasteiger partial charge in [-0.25, -0.2) is 9.78 Å². The normalized spacial score (nSPS) is 16.9. The summed E-state index contributed by atoms with van der Waals surface area (Å²) in [5.74, 6) is -0.570. The molecule has 1 fully saturated rings. The molecule has 2 heterocycles. The topological polar surface area (TPSA) is 121 Å². The summed E-state index contributed by atoms with van der Waals surface area (Å²) in [7, 11) is 0. The van der Waals surface area contributed by atoms with E-state index in [4.69, 9.17) is 4.74 Å². The first-order chi connectivity index (χ1) is 13.2. The van der Waals surface area contributed by atoms with Gasteiger partial charge in [0.05, 0.1) is 10.9 Å². The van der Waals surface area contributed by atoms with Crippen molar-refractivity contribution in [2.24, 2.45) is 0 Å². The second-order valence-electron chi connectivity index (χ2n) is 7.22. The molecule has 0 aliphatic carbocycles. The molecule has 148 valence electrons. The predicted octanol–water partition coefficient (Wildman–Crippen LogP) is 1.64. The Morgan fingerprint density at radius 2 is 1.96 bits per heavy atom. The highest BCUT2D eigenvalue weighted by Crippen LogP contribution is 2.18. The van der Waals surface area contributed by atoms with Gasteiger partial charge in [0.1, 0.15) is 5.54 Å². The number of rotatable bonds is 6. The number of H-pyrrole nitrogens is 1. The SMILES string of the molecule is C[C@H](OC(=O)CCCN1C(=O)NC(C)(C)C1=O)c1nc2ccccc2c(=O)[nH]1. The van der Waals surface area contributed by atoms with E-state index in [0.29, 0.717) is 10.9 Å². The average molecular weight is 386 g/mol. The number of hydrogen-bond donors (Lipinski definition) is 2. The number of para-hydroxylation sites is 1. The third-order valence-electron chi connectivity index (χ3n) is 4.53. The molecule has 1 aromatic heterocycles. The molecule has 0 radical (unpaired) electrons. The number of esters is 1. The molecule has 9 heteroatoms. The first-order valence-electron chi connectivity index (χ1n) is 9.01. The summed E-state index contributed by atoms with van der Waals surface area (Å²) >= 11 is 0. The van der Waals surface area contributed by atoms with Crippen LogP contribution in [0.3, 0.4) is 0 Å². The number of ether oxygens (including phenoxy) is 1. The van der Waals surface area contributed by atoms with Crippen molar-refractivity contribution >= 4 is 28.8 Å². The number of carbonyl (C=O) groups is 3. The molecule has 9 nitrogen and oxygen atoms in total. The molecule has 0 unspecified atom stereocenters. The van der Waals surface area contributed by atoms with E-state index in [0.717, 1.165) is 4.90 Å². The first-order valence-corrected chi connectivity index (χ1v) is 9.01. The number of nitrogens with one attached hydrogen (secondary N) is 2. The maximum Gasteiger partial charge on any atom is 0.325 e. The number of fused-ring (bicyclic) bond motifs is 1. The van der Waals surface area contributed by atoms with Crippen LogP contribution in [-0.2, 0) is 14.3 Å². The van der Waals surface area contributed by atoms with Gasteiger partial charge in [-0.05, 0) is 39.3 Å². The van der Waals surface area contributed by atoms with Crippen LogP contribution in [0.25, 0.3) is 10.9 Å². The Morgan fingerprint density at radius 1 is 1.25 bits per heavy atom. The van der Waals surface area contributed by atoms with Crippen LogP contribution in [0.5, 0.6) is 0 Å². The number of aromatic nitrogens is 2. The Kier molecular flexibility index (Phi) is 5.17. The summed E-state index contributed by atoms with van der Waals surface area (Å²) in [6.45, 7) is 4.99. The summed E-state index contributed by atoms with van der Waals surface area (Å²) in [4.78, 5) is 56.2. The maximum absolute atomic E-state index is 12.1. The van der Waals surface area contributed by atoms with Crippen molar-refractivity contribution in [3.05, 3.63) is 40.4 Å². The Balaban J connectivity index is 1.56. The number of hydrogen-bond acceptors (Lipinski definition) is 6. The molecule has 1 atom stereocenters. The summed E-state index contributed by atoms with van der Waals surface area (Å²) in [6, 6.07) is 6.43. The molecule has 0 bridgehead atoms. The largest absolute Gasteiger partial charge is 0.454 e. The number of imide groups is 1. The fourth-order valence-electron chi connectivity index (χ4n) is 3.01. The fourth-order valence-corrected chi connectivity index (χ4v) is 3.01. The van der Waals surface area contributed by atoms with Crippen LogP contribution < -0.4 is 10.9 Å². The fraction of sp³-hybridized carbons (Fsp3) is 0.421. The number of urea groups is 1. The lowest BCUT2D eigenvalue weighted by Crippen LogP contribution is -2.40. The van der Waals surface area contributed by atoms with E-state index in [1.54, 1.807) is 45.0 Å². The molecule has 1 aliphatic rings. The Labute approximate surface area is 161 Å². The van der Waals surface area contributed by atoms with Gasteiger partial charge in [-0.3, -0.25) is 19.3 Å². The van der Waals surface area contributed by atoms with Gasteiger partial charge in [0, 0.05) is 13.0 Å². The summed E-state index contributed by atoms with van der Waals surface area (Å²) < 4.78 is 5.32. The molecule has 3 rings (SSSR count). The van der Waals surface area contributed by atoms with E-state index in [1.165, 1.54) is 0 Å². The van der Waals surface area contributed by atoms with Crippen molar-refractivity contribution in [3.8, 4) is 0 Å². The molecule has 0 spiro atoms. The minimum Gasteiger partial charge on any atom is -0.454 e. The minimum absolute atomic E-state index is 0.0274. The highest BCUT2D eigenvalue weighted by molar-refractivity contribution is 6.06. The summed E-state index contributed by atoms with van der Waals surface area (Å²) in [5, 5.41) is 3.04. The van der Waals surface area contributed by atoms with E-state index in [1.807, 2.05) is 0 Å². The van der Waals surface area contributed by atoms with Gasteiger partial charge in [0.15, 0.2) is 11.9 Å². The lowest BCUT2D eigenvalue weighted by atomic mass is 10.1. The third kappa shape index (κ3) is 3.88. The zero-order chi connectivity index (χ0) is 20.5. The zero-order valence-corrected chi connectivity index (χ0v) is 15.9. The Morgan fingerprint density at radius 3 is 2.64 bits per heavy atom. The molecule has 1 aliphatic heterocycles. The number of nitrogens with zero attached hydrogens (tertiary/aromatic N) is 2. The van der Waals surface area contributed by atoms with Crippen LogP contribution in [0.4, 0.5) is 4.79 Å². The van der Waals surface area contributed by atoms with E-state index in [9.17, 15) is 19.2 Å². The molecule has 1 aromatic carbocycles. The monoisotopic (exact) mass is 386 g/mol. The molecule has 28 heavy (non-hydrogen) atoms. The minimum atomic E-state index is -0.931. The average Bonchev–Trinajstić information content (AvgIpc) is 2.83. The van der Waals surface area contributed by atoms with Crippen molar-refractivity contribution in [1.29, 1.82) is 0 Å². The smallest absolute Gasteiger partial charge is 0.325 e. The first kappa shape index (κ1) is 19.5. The molecular weight excluding hydrogens is 364 g/mol. The molecule has 1 saturated heterocycles. The van der Waals surface area contributed by atoms with Gasteiger partial charge >= 0.3 is 12.0 Å². The van der Waals surface area contributed by atoms with Gasteiger partial charge in [0.2, 0.25) is 0 Å². The van der Waals surface area contributed by atoms with Crippen molar-refractivity contribution in [3.63, 3.8) is 0 Å². The van der Waals surface area contributed by atoms with Crippen LogP contribution in [0, 0.1) is 0 Å². The molecular formula is C19H22N4O5. The van der Waals surface area contributed by atoms with Crippen molar-refractivity contribution in [1.82, 2.24) is 20.2 Å². The molecule has 0 saturated carbocycles. The molecule has 2 N–H and O–H groups in total. The van der Waals surface area contributed by atoms with Gasteiger partial charge in [-0.2, -0.15) is 0 Å². The van der Waals surface area contributed by atoms with Crippen LogP contribution >= 0.6 is 0 Å². The zero-order valence-electron chi connectivity index (χ0n) is 15.9. The Bertz CT molecular complexity index is 997. The van der Waals surface area contributed by atoms with Crippen LogP contribution in [-0.4, -0.2) is 44.9 Å². The van der Waals surface area contributed by atoms with Crippen molar-refractivity contribution < 1.29 is 19.1 Å². The van der Waals surface area contributed by atoms with Crippen LogP contribution in [0.15, 0.2) is 29.1 Å². The van der Waals surface area contributed by atoms with E-state index < -0.39 is 23.6 Å². The Hall–Kier alpha value is -3.23. The van der Waals surface area contributed by atoms with E-state index in [2.05, 4.69) is 15.3 Å². The summed E-state index contributed by atoms with van der Waals surface area (Å²) in [6.07, 6.45) is -0.428. The van der Waals surface area contributed by atoms with Crippen LogP contribution in [0.2, 0.25) is 0 Å².